The highest BCUT2D eigenvalue weighted by Gasteiger charge is 2.17. The van der Waals surface area contributed by atoms with E-state index in [2.05, 4.69) is 4.74 Å². The minimum Gasteiger partial charge on any atom is -0.465 e. The summed E-state index contributed by atoms with van der Waals surface area (Å²) in [4.78, 5) is 21.1. The number of halogens is 1. The van der Waals surface area contributed by atoms with E-state index in [9.17, 15) is 19.1 Å². The van der Waals surface area contributed by atoms with Gasteiger partial charge in [-0.1, -0.05) is 17.7 Å². The maximum atomic E-state index is 11.5. The summed E-state index contributed by atoms with van der Waals surface area (Å²) in [6.07, 6.45) is 1.70. The van der Waals surface area contributed by atoms with E-state index in [0.717, 1.165) is 6.08 Å². The molecule has 1 unspecified atom stereocenters. The average Bonchev–Trinajstić information content (AvgIpc) is 2.36. The van der Waals surface area contributed by atoms with E-state index in [-0.39, 0.29) is 21.9 Å². The first-order valence-corrected chi connectivity index (χ1v) is 6.81. The van der Waals surface area contributed by atoms with Gasteiger partial charge in [-0.3, -0.25) is 10.1 Å². The Balaban J connectivity index is 3.40. The molecule has 0 aliphatic heterocycles. The highest BCUT2D eigenvalue weighted by molar-refractivity contribution is 7.78. The van der Waals surface area contributed by atoms with E-state index < -0.39 is 22.0 Å². The quantitative estimate of drug-likeness (QED) is 0.385. The third kappa shape index (κ3) is 4.12. The number of benzene rings is 1. The van der Waals surface area contributed by atoms with Crippen LogP contribution in [0.3, 0.4) is 0 Å². The van der Waals surface area contributed by atoms with Gasteiger partial charge in [0.15, 0.2) is 11.1 Å². The van der Waals surface area contributed by atoms with Crippen LogP contribution in [0.5, 0.6) is 0 Å². The number of carbonyl (C=O) groups excluding carboxylic acids is 1. The Bertz CT molecular complexity index is 601. The van der Waals surface area contributed by atoms with Crippen molar-refractivity contribution in [3.63, 3.8) is 0 Å². The van der Waals surface area contributed by atoms with Crippen LogP contribution >= 0.6 is 11.6 Å². The Hall–Kier alpha value is -1.77. The smallest absolute Gasteiger partial charge is 0.339 e. The van der Waals surface area contributed by atoms with Gasteiger partial charge in [-0.05, 0) is 11.6 Å². The molecular weight excluding hydrogens is 310 g/mol. The van der Waals surface area contributed by atoms with Crippen LogP contribution in [0.15, 0.2) is 18.3 Å². The van der Waals surface area contributed by atoms with Crippen molar-refractivity contribution in [1.29, 1.82) is 0 Å². The number of methoxy groups -OCH3 is 1. The summed E-state index contributed by atoms with van der Waals surface area (Å²) in [5.74, 6) is -0.971. The number of rotatable bonds is 5. The first-order valence-electron chi connectivity index (χ1n) is 5.15. The topological polar surface area (TPSA) is 107 Å². The molecule has 0 saturated carbocycles. The third-order valence-corrected chi connectivity index (χ3v) is 3.28. The number of esters is 1. The molecule has 1 aromatic rings. The van der Waals surface area contributed by atoms with Crippen LogP contribution in [0.1, 0.15) is 21.5 Å². The second kappa shape index (κ2) is 7.13. The normalized spacial score (nSPS) is 12.3. The van der Waals surface area contributed by atoms with E-state index in [1.165, 1.54) is 19.2 Å². The number of carbonyl (C=O) groups is 1. The molecule has 0 saturated heterocycles. The van der Waals surface area contributed by atoms with Gasteiger partial charge in [-0.25, -0.2) is 9.00 Å². The fraction of sp³-hybridized carbons (Fsp3) is 0.182. The first-order chi connectivity index (χ1) is 9.36. The Kier molecular flexibility index (Phi) is 5.81. The Morgan fingerprint density at radius 1 is 1.60 bits per heavy atom. The van der Waals surface area contributed by atoms with Gasteiger partial charge in [0, 0.05) is 11.6 Å². The molecule has 0 aliphatic carbocycles. The highest BCUT2D eigenvalue weighted by Crippen LogP contribution is 2.27. The van der Waals surface area contributed by atoms with Crippen LogP contribution < -0.4 is 0 Å². The van der Waals surface area contributed by atoms with Gasteiger partial charge in [0.05, 0.1) is 28.4 Å². The van der Waals surface area contributed by atoms with Crippen LogP contribution in [0.4, 0.5) is 0 Å². The largest absolute Gasteiger partial charge is 0.465 e. The molecule has 1 N–H and O–H groups in total. The van der Waals surface area contributed by atoms with Crippen molar-refractivity contribution in [2.45, 2.75) is 5.75 Å². The van der Waals surface area contributed by atoms with Crippen molar-refractivity contribution in [3.8, 4) is 0 Å². The van der Waals surface area contributed by atoms with E-state index >= 15 is 0 Å². The van der Waals surface area contributed by atoms with Gasteiger partial charge in [-0.2, -0.15) is 0 Å². The molecule has 0 radical (unpaired) electrons. The van der Waals surface area contributed by atoms with Crippen molar-refractivity contribution in [3.05, 3.63) is 50.2 Å². The minimum absolute atomic E-state index is 0.0182. The van der Waals surface area contributed by atoms with Crippen molar-refractivity contribution >= 4 is 34.7 Å². The third-order valence-electron chi connectivity index (χ3n) is 2.32. The summed E-state index contributed by atoms with van der Waals surface area (Å²) in [5, 5.41) is 10.3. The van der Waals surface area contributed by atoms with E-state index in [4.69, 9.17) is 16.2 Å². The number of nitrogens with zero attached hydrogens (tertiary/aromatic N) is 1. The lowest BCUT2D eigenvalue weighted by atomic mass is 10.0. The number of nitro groups is 1. The van der Waals surface area contributed by atoms with Crippen LogP contribution in [-0.2, 0) is 21.6 Å². The zero-order chi connectivity index (χ0) is 15.3. The average molecular weight is 320 g/mol. The fourth-order valence-corrected chi connectivity index (χ4v) is 2.32. The molecule has 1 rings (SSSR count). The van der Waals surface area contributed by atoms with E-state index in [1.807, 2.05) is 0 Å². The molecule has 9 heteroatoms. The molecule has 20 heavy (non-hydrogen) atoms. The van der Waals surface area contributed by atoms with Gasteiger partial charge in [0.2, 0.25) is 6.20 Å². The zero-order valence-electron chi connectivity index (χ0n) is 10.2. The summed E-state index contributed by atoms with van der Waals surface area (Å²) >= 11 is 3.85. The van der Waals surface area contributed by atoms with Crippen LogP contribution in [0.2, 0.25) is 5.02 Å². The predicted octanol–water partition coefficient (Wildman–Crippen LogP) is 2.10. The summed E-state index contributed by atoms with van der Waals surface area (Å²) in [6, 6.07) is 2.73. The summed E-state index contributed by atoms with van der Waals surface area (Å²) in [7, 11) is 1.17. The molecule has 0 heterocycles. The van der Waals surface area contributed by atoms with E-state index in [1.54, 1.807) is 0 Å². The molecule has 0 aliphatic rings. The molecule has 0 spiro atoms. The van der Waals surface area contributed by atoms with E-state index in [0.29, 0.717) is 11.8 Å². The number of hydrogen-bond acceptors (Lipinski definition) is 5. The van der Waals surface area contributed by atoms with Crippen molar-refractivity contribution in [2.24, 2.45) is 0 Å². The van der Waals surface area contributed by atoms with Crippen LogP contribution in [0.25, 0.3) is 6.08 Å². The van der Waals surface area contributed by atoms with Crippen LogP contribution in [-0.4, -0.2) is 26.8 Å². The van der Waals surface area contributed by atoms with Gasteiger partial charge in [-0.15, -0.1) is 0 Å². The number of ether oxygens (including phenoxy) is 1. The Labute approximate surface area is 121 Å². The summed E-state index contributed by atoms with van der Waals surface area (Å²) in [6.45, 7) is 0. The lowest BCUT2D eigenvalue weighted by Gasteiger charge is -2.09. The molecule has 0 bridgehead atoms. The lowest BCUT2D eigenvalue weighted by molar-refractivity contribution is -0.400. The molecule has 0 amide bonds. The Morgan fingerprint density at radius 2 is 2.25 bits per heavy atom. The maximum Gasteiger partial charge on any atom is 0.339 e. The maximum absolute atomic E-state index is 11.5. The van der Waals surface area contributed by atoms with Crippen molar-refractivity contribution < 1.29 is 23.2 Å². The molecule has 0 fully saturated rings. The van der Waals surface area contributed by atoms with Gasteiger partial charge >= 0.3 is 5.97 Å². The molecule has 7 nitrogen and oxygen atoms in total. The van der Waals surface area contributed by atoms with Crippen molar-refractivity contribution in [2.75, 3.05) is 7.11 Å². The lowest BCUT2D eigenvalue weighted by Crippen LogP contribution is -2.05. The van der Waals surface area contributed by atoms with Crippen LogP contribution in [0, 0.1) is 10.1 Å². The second-order valence-electron chi connectivity index (χ2n) is 3.56. The fourth-order valence-electron chi connectivity index (χ4n) is 1.48. The minimum atomic E-state index is -2.15. The second-order valence-corrected chi connectivity index (χ2v) is 4.87. The standard InChI is InChI=1S/C11H10ClNO6S/c1-19-11(14)9-3-2-7(6-20(17)18)8(10(9)12)4-5-13(15)16/h2-5H,6H2,1H3,(H,17,18). The summed E-state index contributed by atoms with van der Waals surface area (Å²) < 4.78 is 24.3. The summed E-state index contributed by atoms with van der Waals surface area (Å²) in [5.41, 5.74) is 0.458. The zero-order valence-corrected chi connectivity index (χ0v) is 11.8. The molecule has 1 aromatic carbocycles. The van der Waals surface area contributed by atoms with Gasteiger partial charge in [0.25, 0.3) is 0 Å². The molecular formula is C11H10ClNO6S. The SMILES string of the molecule is COC(=O)c1ccc(CS(=O)O)c(C=C[N+](=O)[O-])c1Cl. The van der Waals surface area contributed by atoms with Gasteiger partial charge < -0.3 is 9.29 Å². The Morgan fingerprint density at radius 3 is 2.75 bits per heavy atom. The first kappa shape index (κ1) is 16.3. The predicted molar refractivity (Wildman–Crippen MR) is 73.3 cm³/mol. The van der Waals surface area contributed by atoms with Crippen molar-refractivity contribution in [1.82, 2.24) is 0 Å². The number of hydrogen-bond donors (Lipinski definition) is 1. The molecule has 0 aromatic heterocycles. The highest BCUT2D eigenvalue weighted by atomic mass is 35.5. The molecule has 1 atom stereocenters. The molecule has 108 valence electrons. The van der Waals surface area contributed by atoms with Gasteiger partial charge in [0.1, 0.15) is 0 Å². The monoisotopic (exact) mass is 319 g/mol.